The molecule has 1 saturated heterocycles. The van der Waals surface area contributed by atoms with Crippen LogP contribution in [-0.2, 0) is 4.79 Å². The van der Waals surface area contributed by atoms with E-state index in [4.69, 9.17) is 0 Å². The molecule has 0 spiro atoms. The van der Waals surface area contributed by atoms with Crippen molar-refractivity contribution in [1.29, 1.82) is 0 Å². The number of nitrogens with zero attached hydrogens (tertiary/aromatic N) is 2. The summed E-state index contributed by atoms with van der Waals surface area (Å²) in [5.41, 5.74) is 2.14. The highest BCUT2D eigenvalue weighted by atomic mass is 32.1. The standard InChI is InChI=1S/C18H21N3O3S/c1-10-20-14(9-25-10)12-6-13(19-8-12)17(22)21-15-5-3-2-4-11(15)7-16(21)18(23)24/h6,8-9,11,15-16,19H,2-5,7H2,1H3,(H,23,24). The third-order valence-corrected chi connectivity index (χ3v) is 6.21. The van der Waals surface area contributed by atoms with Gasteiger partial charge in [-0.1, -0.05) is 12.8 Å². The smallest absolute Gasteiger partial charge is 0.326 e. The van der Waals surface area contributed by atoms with E-state index in [0.29, 0.717) is 18.0 Å². The number of carboxylic acids is 1. The maximum absolute atomic E-state index is 13.1. The predicted molar refractivity (Wildman–Crippen MR) is 94.6 cm³/mol. The van der Waals surface area contributed by atoms with Crippen LogP contribution >= 0.6 is 11.3 Å². The lowest BCUT2D eigenvalue weighted by molar-refractivity contribution is -0.141. The number of likely N-dealkylation sites (tertiary alicyclic amines) is 1. The van der Waals surface area contributed by atoms with Gasteiger partial charge in [-0.25, -0.2) is 9.78 Å². The fourth-order valence-electron chi connectivity index (χ4n) is 4.27. The van der Waals surface area contributed by atoms with Gasteiger partial charge in [0, 0.05) is 23.2 Å². The van der Waals surface area contributed by atoms with Crippen molar-refractivity contribution in [3.8, 4) is 11.3 Å². The summed E-state index contributed by atoms with van der Waals surface area (Å²) in [6.45, 7) is 1.94. The summed E-state index contributed by atoms with van der Waals surface area (Å²) in [5.74, 6) is -0.793. The number of aliphatic carboxylic acids is 1. The Bertz CT molecular complexity index is 812. The first kappa shape index (κ1) is 16.3. The topological polar surface area (TPSA) is 86.3 Å². The molecule has 25 heavy (non-hydrogen) atoms. The molecule has 2 aromatic heterocycles. The number of nitrogens with one attached hydrogen (secondary N) is 1. The SMILES string of the molecule is Cc1nc(-c2c[nH]c(C(=O)N3C(C(=O)O)CC4CCCCC43)c2)cs1. The minimum absolute atomic E-state index is 0.0515. The number of aromatic nitrogens is 2. The highest BCUT2D eigenvalue weighted by molar-refractivity contribution is 7.09. The number of rotatable bonds is 3. The lowest BCUT2D eigenvalue weighted by atomic mass is 9.84. The number of amides is 1. The molecular weight excluding hydrogens is 338 g/mol. The first-order chi connectivity index (χ1) is 12.0. The number of hydrogen-bond donors (Lipinski definition) is 2. The number of hydrogen-bond acceptors (Lipinski definition) is 4. The van der Waals surface area contributed by atoms with Gasteiger partial charge < -0.3 is 15.0 Å². The second kappa shape index (κ2) is 6.29. The Labute approximate surface area is 149 Å². The average Bonchev–Trinajstić information content (AvgIpc) is 3.31. The number of H-pyrrole nitrogens is 1. The number of aromatic amines is 1. The third kappa shape index (κ3) is 2.86. The van der Waals surface area contributed by atoms with Gasteiger partial charge in [-0.3, -0.25) is 4.79 Å². The molecular formula is C18H21N3O3S. The van der Waals surface area contributed by atoms with Gasteiger partial charge in [0.25, 0.3) is 5.91 Å². The van der Waals surface area contributed by atoms with E-state index in [-0.39, 0.29) is 11.9 Å². The van der Waals surface area contributed by atoms with Gasteiger partial charge in [0.1, 0.15) is 11.7 Å². The van der Waals surface area contributed by atoms with Crippen LogP contribution in [0.3, 0.4) is 0 Å². The molecule has 6 nitrogen and oxygen atoms in total. The lowest BCUT2D eigenvalue weighted by Crippen LogP contribution is -2.46. The molecule has 0 radical (unpaired) electrons. The Morgan fingerprint density at radius 2 is 2.16 bits per heavy atom. The molecule has 0 bridgehead atoms. The largest absolute Gasteiger partial charge is 0.480 e. The van der Waals surface area contributed by atoms with E-state index in [2.05, 4.69) is 9.97 Å². The zero-order chi connectivity index (χ0) is 17.6. The summed E-state index contributed by atoms with van der Waals surface area (Å²) < 4.78 is 0. The maximum atomic E-state index is 13.1. The Balaban J connectivity index is 1.62. The van der Waals surface area contributed by atoms with Crippen LogP contribution in [0.2, 0.25) is 0 Å². The summed E-state index contributed by atoms with van der Waals surface area (Å²) in [7, 11) is 0. The molecule has 3 atom stereocenters. The first-order valence-electron chi connectivity index (χ1n) is 8.71. The van der Waals surface area contributed by atoms with Crippen molar-refractivity contribution in [2.24, 2.45) is 5.92 Å². The Morgan fingerprint density at radius 3 is 2.88 bits per heavy atom. The van der Waals surface area contributed by atoms with E-state index in [9.17, 15) is 14.7 Å². The molecule has 2 N–H and O–H groups in total. The fourth-order valence-corrected chi connectivity index (χ4v) is 4.90. The van der Waals surface area contributed by atoms with Gasteiger partial charge in [0.05, 0.1) is 10.7 Å². The van der Waals surface area contributed by atoms with Gasteiger partial charge in [0.15, 0.2) is 0 Å². The molecule has 2 fully saturated rings. The van der Waals surface area contributed by atoms with Crippen LogP contribution in [0, 0.1) is 12.8 Å². The lowest BCUT2D eigenvalue weighted by Gasteiger charge is -2.32. The highest BCUT2D eigenvalue weighted by Gasteiger charge is 2.47. The van der Waals surface area contributed by atoms with E-state index < -0.39 is 12.0 Å². The molecule has 1 aliphatic heterocycles. The van der Waals surface area contributed by atoms with Gasteiger partial charge in [-0.2, -0.15) is 0 Å². The van der Waals surface area contributed by atoms with Crippen molar-refractivity contribution in [3.05, 3.63) is 28.3 Å². The number of thiazole rings is 1. The fraction of sp³-hybridized carbons (Fsp3) is 0.500. The highest BCUT2D eigenvalue weighted by Crippen LogP contribution is 2.40. The minimum atomic E-state index is -0.898. The van der Waals surface area contributed by atoms with Crippen LogP contribution in [0.5, 0.6) is 0 Å². The van der Waals surface area contributed by atoms with Crippen LogP contribution < -0.4 is 0 Å². The molecule has 3 unspecified atom stereocenters. The first-order valence-corrected chi connectivity index (χ1v) is 9.59. The molecule has 1 saturated carbocycles. The minimum Gasteiger partial charge on any atom is -0.480 e. The zero-order valence-corrected chi connectivity index (χ0v) is 14.9. The third-order valence-electron chi connectivity index (χ3n) is 5.44. The van der Waals surface area contributed by atoms with Crippen LogP contribution in [0.15, 0.2) is 17.6 Å². The second-order valence-corrected chi connectivity index (χ2v) is 8.03. The van der Waals surface area contributed by atoms with Gasteiger partial charge in [-0.15, -0.1) is 11.3 Å². The number of carbonyl (C=O) groups is 2. The van der Waals surface area contributed by atoms with Crippen LogP contribution in [0.4, 0.5) is 0 Å². The van der Waals surface area contributed by atoms with E-state index in [1.165, 1.54) is 0 Å². The van der Waals surface area contributed by atoms with Crippen molar-refractivity contribution in [2.75, 3.05) is 0 Å². The molecule has 2 aliphatic rings. The van der Waals surface area contributed by atoms with Crippen LogP contribution in [0.1, 0.15) is 47.6 Å². The molecule has 132 valence electrons. The zero-order valence-electron chi connectivity index (χ0n) is 14.1. The average molecular weight is 359 g/mol. The summed E-state index contributed by atoms with van der Waals surface area (Å²) in [4.78, 5) is 33.9. The van der Waals surface area contributed by atoms with Crippen molar-refractivity contribution >= 4 is 23.2 Å². The van der Waals surface area contributed by atoms with E-state index in [1.807, 2.05) is 12.3 Å². The normalized spacial score (nSPS) is 25.8. The van der Waals surface area contributed by atoms with E-state index in [0.717, 1.165) is 41.9 Å². The molecule has 3 heterocycles. The molecule has 1 aliphatic carbocycles. The van der Waals surface area contributed by atoms with Gasteiger partial charge in [0.2, 0.25) is 0 Å². The number of aryl methyl sites for hydroxylation is 1. The molecule has 7 heteroatoms. The van der Waals surface area contributed by atoms with Gasteiger partial charge in [-0.05, 0) is 38.2 Å². The molecule has 1 amide bonds. The number of carbonyl (C=O) groups excluding carboxylic acids is 1. The van der Waals surface area contributed by atoms with Crippen LogP contribution in [-0.4, -0.2) is 43.9 Å². The predicted octanol–water partition coefficient (Wildman–Crippen LogP) is 3.30. The Morgan fingerprint density at radius 1 is 1.36 bits per heavy atom. The van der Waals surface area contributed by atoms with E-state index in [1.54, 1.807) is 28.5 Å². The van der Waals surface area contributed by atoms with Crippen molar-refractivity contribution < 1.29 is 14.7 Å². The maximum Gasteiger partial charge on any atom is 0.326 e. The van der Waals surface area contributed by atoms with Crippen molar-refractivity contribution in [3.63, 3.8) is 0 Å². The number of fused-ring (bicyclic) bond motifs is 1. The summed E-state index contributed by atoms with van der Waals surface area (Å²) in [6.07, 6.45) is 6.46. The summed E-state index contributed by atoms with van der Waals surface area (Å²) in [5, 5.41) is 12.5. The monoisotopic (exact) mass is 359 g/mol. The second-order valence-electron chi connectivity index (χ2n) is 6.97. The quantitative estimate of drug-likeness (QED) is 0.880. The van der Waals surface area contributed by atoms with Crippen LogP contribution in [0.25, 0.3) is 11.3 Å². The molecule has 0 aromatic carbocycles. The Kier molecular flexibility index (Phi) is 4.11. The summed E-state index contributed by atoms with van der Waals surface area (Å²) >= 11 is 1.56. The van der Waals surface area contributed by atoms with Crippen molar-refractivity contribution in [2.45, 2.75) is 51.1 Å². The molecule has 2 aromatic rings. The molecule has 4 rings (SSSR count). The number of carboxylic acid groups (broad SMARTS) is 1. The Hall–Kier alpha value is -2.15. The summed E-state index contributed by atoms with van der Waals surface area (Å²) in [6, 6.07) is 1.12. The van der Waals surface area contributed by atoms with Crippen molar-refractivity contribution in [1.82, 2.24) is 14.9 Å². The van der Waals surface area contributed by atoms with Gasteiger partial charge >= 0.3 is 5.97 Å². The van der Waals surface area contributed by atoms with E-state index >= 15 is 0 Å².